The molecule has 1 saturated carbocycles. The summed E-state index contributed by atoms with van der Waals surface area (Å²) in [5.41, 5.74) is 0.275. The summed E-state index contributed by atoms with van der Waals surface area (Å²) in [6.07, 6.45) is 5.74. The van der Waals surface area contributed by atoms with Crippen LogP contribution in [-0.4, -0.2) is 31.1 Å². The summed E-state index contributed by atoms with van der Waals surface area (Å²) in [5.74, 6) is -0.473. The van der Waals surface area contributed by atoms with Gasteiger partial charge in [0.25, 0.3) is 0 Å². The molecule has 1 atom stereocenters. The molecule has 2 nitrogen and oxygen atoms in total. The summed E-state index contributed by atoms with van der Waals surface area (Å²) in [7, 11) is 0. The zero-order chi connectivity index (χ0) is 15.5. The van der Waals surface area contributed by atoms with Gasteiger partial charge in [-0.15, -0.1) is 0 Å². The van der Waals surface area contributed by atoms with Gasteiger partial charge in [-0.05, 0) is 30.9 Å². The zero-order valence-electron chi connectivity index (χ0n) is 12.8. The van der Waals surface area contributed by atoms with Crippen LogP contribution in [0.1, 0.15) is 43.7 Å². The lowest BCUT2D eigenvalue weighted by Gasteiger charge is -2.41. The Morgan fingerprint density at radius 3 is 2.23 bits per heavy atom. The molecule has 122 valence electrons. The number of nitrogens with one attached hydrogen (secondary N) is 1. The summed E-state index contributed by atoms with van der Waals surface area (Å²) in [4.78, 5) is 2.28. The molecule has 1 aliphatic carbocycles. The molecule has 0 radical (unpaired) electrons. The van der Waals surface area contributed by atoms with Gasteiger partial charge in [0, 0.05) is 42.3 Å². The van der Waals surface area contributed by atoms with Gasteiger partial charge in [-0.2, -0.15) is 0 Å². The number of hydrogen-bond donors (Lipinski definition) is 1. The van der Waals surface area contributed by atoms with Crippen molar-refractivity contribution in [2.45, 2.75) is 38.1 Å². The van der Waals surface area contributed by atoms with Gasteiger partial charge in [-0.1, -0.05) is 35.2 Å². The van der Waals surface area contributed by atoms with E-state index in [4.69, 9.17) is 0 Å². The fourth-order valence-corrected chi connectivity index (χ4v) is 4.36. The van der Waals surface area contributed by atoms with E-state index >= 15 is 0 Å². The summed E-state index contributed by atoms with van der Waals surface area (Å²) >= 11 is 3.18. The van der Waals surface area contributed by atoms with Crippen LogP contribution in [0.5, 0.6) is 0 Å². The van der Waals surface area contributed by atoms with Crippen molar-refractivity contribution in [3.05, 3.63) is 33.8 Å². The molecule has 0 aromatic heterocycles. The third-order valence-corrected chi connectivity index (χ3v) is 5.44. The van der Waals surface area contributed by atoms with Crippen molar-refractivity contribution in [2.24, 2.45) is 5.92 Å². The Balaban J connectivity index is 1.96. The predicted molar refractivity (Wildman–Crippen MR) is 87.8 cm³/mol. The Morgan fingerprint density at radius 2 is 1.64 bits per heavy atom. The van der Waals surface area contributed by atoms with Crippen molar-refractivity contribution in [2.75, 3.05) is 26.2 Å². The topological polar surface area (TPSA) is 15.3 Å². The zero-order valence-corrected chi connectivity index (χ0v) is 14.3. The molecular weight excluding hydrogens is 350 g/mol. The Hall–Kier alpha value is -0.520. The highest BCUT2D eigenvalue weighted by Crippen LogP contribution is 2.41. The van der Waals surface area contributed by atoms with Crippen molar-refractivity contribution in [3.8, 4) is 0 Å². The first-order valence-corrected chi connectivity index (χ1v) is 9.05. The SMILES string of the molecule is Fc1cc(Br)cc(F)c1[C@H](C1CCCCC1)N1CCNCC1. The van der Waals surface area contributed by atoms with E-state index < -0.39 is 11.6 Å². The van der Waals surface area contributed by atoms with Crippen LogP contribution in [0.3, 0.4) is 0 Å². The molecule has 0 amide bonds. The highest BCUT2D eigenvalue weighted by molar-refractivity contribution is 9.10. The Bertz CT molecular complexity index is 470. The van der Waals surface area contributed by atoms with E-state index in [2.05, 4.69) is 26.1 Å². The van der Waals surface area contributed by atoms with Crippen LogP contribution in [-0.2, 0) is 0 Å². The molecule has 22 heavy (non-hydrogen) atoms. The summed E-state index contributed by atoms with van der Waals surface area (Å²) in [6, 6.07) is 2.67. The monoisotopic (exact) mass is 372 g/mol. The van der Waals surface area contributed by atoms with E-state index in [9.17, 15) is 8.78 Å². The van der Waals surface area contributed by atoms with Gasteiger partial charge in [0.1, 0.15) is 11.6 Å². The van der Waals surface area contributed by atoms with Crippen molar-refractivity contribution < 1.29 is 8.78 Å². The predicted octanol–water partition coefficient (Wildman–Crippen LogP) is 4.25. The largest absolute Gasteiger partial charge is 0.314 e. The minimum atomic E-state index is -0.416. The van der Waals surface area contributed by atoms with E-state index in [1.54, 1.807) is 0 Å². The summed E-state index contributed by atoms with van der Waals surface area (Å²) < 4.78 is 29.6. The number of hydrogen-bond acceptors (Lipinski definition) is 2. The van der Waals surface area contributed by atoms with Crippen molar-refractivity contribution in [1.29, 1.82) is 0 Å². The highest BCUT2D eigenvalue weighted by atomic mass is 79.9. The fraction of sp³-hybridized carbons (Fsp3) is 0.647. The van der Waals surface area contributed by atoms with Crippen LogP contribution < -0.4 is 5.32 Å². The van der Waals surface area contributed by atoms with Crippen LogP contribution in [0.2, 0.25) is 0 Å². The van der Waals surface area contributed by atoms with E-state index in [-0.39, 0.29) is 11.6 Å². The van der Waals surface area contributed by atoms with E-state index in [0.29, 0.717) is 10.4 Å². The average molecular weight is 373 g/mol. The van der Waals surface area contributed by atoms with Crippen LogP contribution in [0.15, 0.2) is 16.6 Å². The van der Waals surface area contributed by atoms with E-state index in [0.717, 1.165) is 39.0 Å². The number of rotatable bonds is 3. The van der Waals surface area contributed by atoms with Crippen molar-refractivity contribution >= 4 is 15.9 Å². The third-order valence-electron chi connectivity index (χ3n) is 4.98. The number of halogens is 3. The van der Waals surface area contributed by atoms with Crippen LogP contribution in [0.25, 0.3) is 0 Å². The Morgan fingerprint density at radius 1 is 1.05 bits per heavy atom. The Labute approximate surface area is 139 Å². The fourth-order valence-electron chi connectivity index (χ4n) is 3.96. The lowest BCUT2D eigenvalue weighted by molar-refractivity contribution is 0.0976. The lowest BCUT2D eigenvalue weighted by atomic mass is 9.80. The molecule has 1 saturated heterocycles. The summed E-state index contributed by atoms with van der Waals surface area (Å²) in [5, 5.41) is 3.33. The second kappa shape index (κ2) is 7.37. The molecular formula is C17H23BrF2N2. The van der Waals surface area contributed by atoms with Crippen LogP contribution in [0.4, 0.5) is 8.78 Å². The first-order valence-electron chi connectivity index (χ1n) is 8.26. The molecule has 0 bridgehead atoms. The molecule has 5 heteroatoms. The molecule has 1 aromatic carbocycles. The van der Waals surface area contributed by atoms with Gasteiger partial charge in [-0.3, -0.25) is 4.90 Å². The molecule has 1 N–H and O–H groups in total. The van der Waals surface area contributed by atoms with Crippen molar-refractivity contribution in [3.63, 3.8) is 0 Å². The van der Waals surface area contributed by atoms with Gasteiger partial charge < -0.3 is 5.32 Å². The van der Waals surface area contributed by atoms with Gasteiger partial charge in [-0.25, -0.2) is 8.78 Å². The normalized spacial score (nSPS) is 22.7. The molecule has 1 aliphatic heterocycles. The third kappa shape index (κ3) is 3.52. The van der Waals surface area contributed by atoms with Gasteiger partial charge in [0.15, 0.2) is 0 Å². The molecule has 0 spiro atoms. The van der Waals surface area contributed by atoms with Crippen LogP contribution >= 0.6 is 15.9 Å². The Kier molecular flexibility index (Phi) is 5.47. The minimum absolute atomic E-state index is 0.129. The van der Waals surface area contributed by atoms with Gasteiger partial charge >= 0.3 is 0 Å². The number of nitrogens with zero attached hydrogens (tertiary/aromatic N) is 1. The second-order valence-electron chi connectivity index (χ2n) is 6.41. The molecule has 0 unspecified atom stereocenters. The number of benzene rings is 1. The second-order valence-corrected chi connectivity index (χ2v) is 7.33. The molecule has 3 rings (SSSR count). The first kappa shape index (κ1) is 16.3. The summed E-state index contributed by atoms with van der Waals surface area (Å²) in [6.45, 7) is 3.50. The smallest absolute Gasteiger partial charge is 0.132 e. The van der Waals surface area contributed by atoms with E-state index in [1.807, 2.05) is 0 Å². The minimum Gasteiger partial charge on any atom is -0.314 e. The van der Waals surface area contributed by atoms with E-state index in [1.165, 1.54) is 31.4 Å². The van der Waals surface area contributed by atoms with Gasteiger partial charge in [0.05, 0.1) is 0 Å². The first-order chi connectivity index (χ1) is 10.7. The maximum Gasteiger partial charge on any atom is 0.132 e. The van der Waals surface area contributed by atoms with Crippen LogP contribution in [0, 0.1) is 17.6 Å². The molecule has 1 aromatic rings. The molecule has 2 aliphatic rings. The maximum atomic E-state index is 14.6. The van der Waals surface area contributed by atoms with Crippen molar-refractivity contribution in [1.82, 2.24) is 10.2 Å². The highest BCUT2D eigenvalue weighted by Gasteiger charge is 2.34. The van der Waals surface area contributed by atoms with Gasteiger partial charge in [0.2, 0.25) is 0 Å². The standard InChI is InChI=1S/C17H23BrF2N2/c18-13-10-14(19)16(15(20)11-13)17(12-4-2-1-3-5-12)22-8-6-21-7-9-22/h10-12,17,21H,1-9H2/t17-/m0/s1. The number of piperazine rings is 1. The lowest BCUT2D eigenvalue weighted by Crippen LogP contribution is -2.47. The maximum absolute atomic E-state index is 14.6. The average Bonchev–Trinajstić information content (AvgIpc) is 2.52. The molecule has 1 heterocycles. The molecule has 2 fully saturated rings. The quantitative estimate of drug-likeness (QED) is 0.852.